The number of unbranched alkanes of at least 4 members (excludes halogenated alkanes) is 1. The molecule has 3 aromatic rings. The second kappa shape index (κ2) is 13.0. The van der Waals surface area contributed by atoms with Crippen LogP contribution in [-0.2, 0) is 11.2 Å². The van der Waals surface area contributed by atoms with E-state index in [4.69, 9.17) is 0 Å². The van der Waals surface area contributed by atoms with Crippen LogP contribution in [-0.4, -0.2) is 22.1 Å². The third-order valence-corrected chi connectivity index (χ3v) is 7.20. The summed E-state index contributed by atoms with van der Waals surface area (Å²) in [5, 5.41) is 20.7. The number of hydrogen-bond acceptors (Lipinski definition) is 3. The molecule has 196 valence electrons. The fourth-order valence-electron chi connectivity index (χ4n) is 5.05. The Kier molecular flexibility index (Phi) is 9.21. The fraction of sp³-hybridized carbons (Fsp3) is 0.333. The predicted molar refractivity (Wildman–Crippen MR) is 150 cm³/mol. The molecule has 1 fully saturated rings. The van der Waals surface area contributed by atoms with Gasteiger partial charge in [0, 0.05) is 11.5 Å². The lowest BCUT2D eigenvalue weighted by Crippen LogP contribution is -2.39. The lowest BCUT2D eigenvalue weighted by atomic mass is 9.87. The third kappa shape index (κ3) is 6.44. The van der Waals surface area contributed by atoms with E-state index < -0.39 is 17.8 Å². The first-order valence-electron chi connectivity index (χ1n) is 13.5. The van der Waals surface area contributed by atoms with E-state index in [-0.39, 0.29) is 23.1 Å². The number of carbonyl (C=O) groups is 2. The van der Waals surface area contributed by atoms with Gasteiger partial charge in [0.05, 0.1) is 5.69 Å². The quantitative estimate of drug-likeness (QED) is 0.316. The van der Waals surface area contributed by atoms with Gasteiger partial charge in [-0.2, -0.15) is 0 Å². The number of phenols is 1. The van der Waals surface area contributed by atoms with Crippen molar-refractivity contribution in [3.05, 3.63) is 95.1 Å². The van der Waals surface area contributed by atoms with Crippen LogP contribution in [0.15, 0.2) is 72.8 Å². The topological polar surface area (TPSA) is 77.8 Å². The highest BCUT2D eigenvalue weighted by Crippen LogP contribution is 2.39. The van der Waals surface area contributed by atoms with E-state index in [0.717, 1.165) is 62.5 Å². The molecule has 1 amide bonds. The zero-order chi connectivity index (χ0) is 26.9. The third-order valence-electron chi connectivity index (χ3n) is 7.20. The summed E-state index contributed by atoms with van der Waals surface area (Å²) in [5.41, 5.74) is 2.81. The molecule has 1 atom stereocenters. The lowest BCUT2D eigenvalue weighted by Gasteiger charge is -2.34. The minimum Gasteiger partial charge on any atom is -0.505 e. The van der Waals surface area contributed by atoms with Gasteiger partial charge in [0.1, 0.15) is 11.6 Å². The van der Waals surface area contributed by atoms with Gasteiger partial charge in [-0.25, -0.2) is 4.79 Å². The van der Waals surface area contributed by atoms with Crippen LogP contribution in [0, 0.1) is 17.8 Å². The number of carboxylic acid groups (broad SMARTS) is 1. The van der Waals surface area contributed by atoms with Crippen molar-refractivity contribution >= 4 is 17.6 Å². The molecule has 2 N–H and O–H groups in total. The van der Waals surface area contributed by atoms with Crippen molar-refractivity contribution in [2.24, 2.45) is 5.92 Å². The van der Waals surface area contributed by atoms with Crippen LogP contribution in [0.2, 0.25) is 0 Å². The number of carbonyl (C=O) groups excluding carboxylic acids is 1. The first-order chi connectivity index (χ1) is 18.5. The van der Waals surface area contributed by atoms with Crippen LogP contribution in [0.5, 0.6) is 5.75 Å². The number of benzene rings is 3. The maximum absolute atomic E-state index is 14.1. The van der Waals surface area contributed by atoms with Gasteiger partial charge in [-0.3, -0.25) is 9.69 Å². The van der Waals surface area contributed by atoms with Crippen molar-refractivity contribution < 1.29 is 19.8 Å². The van der Waals surface area contributed by atoms with Crippen molar-refractivity contribution in [1.82, 2.24) is 0 Å². The molecule has 5 heteroatoms. The van der Waals surface area contributed by atoms with Crippen molar-refractivity contribution in [2.45, 2.75) is 64.3 Å². The van der Waals surface area contributed by atoms with E-state index in [1.54, 1.807) is 12.1 Å². The summed E-state index contributed by atoms with van der Waals surface area (Å²) in [4.78, 5) is 27.4. The molecule has 5 nitrogen and oxygen atoms in total. The Hall–Kier alpha value is -4.04. The molecule has 1 saturated carbocycles. The average Bonchev–Trinajstić information content (AvgIpc) is 2.95. The van der Waals surface area contributed by atoms with Gasteiger partial charge in [0.2, 0.25) is 5.91 Å². The van der Waals surface area contributed by atoms with Gasteiger partial charge in [-0.05, 0) is 61.1 Å². The Morgan fingerprint density at radius 3 is 2.32 bits per heavy atom. The molecule has 0 spiro atoms. The van der Waals surface area contributed by atoms with Crippen LogP contribution in [0.4, 0.5) is 5.69 Å². The molecule has 1 aliphatic rings. The standard InChI is InChI=1S/C33H35NO4/c1-2-3-11-24-18-20-25(21-19-24)22-23-29(26-12-6-4-7-13-26)34(32(36)27-14-8-5-9-15-27)30-17-10-16-28(31(30)35)33(37)38/h4,6-7,10,12-13,16-21,27,29,35H,2-3,5,8-9,11,14-15H2,1H3,(H,37,38). The van der Waals surface area contributed by atoms with Crippen LogP contribution >= 0.6 is 0 Å². The van der Waals surface area contributed by atoms with Crippen LogP contribution in [0.1, 0.15) is 85.0 Å². The van der Waals surface area contributed by atoms with E-state index in [1.165, 1.54) is 16.5 Å². The molecule has 1 aliphatic carbocycles. The van der Waals surface area contributed by atoms with E-state index in [0.29, 0.717) is 0 Å². The zero-order valence-corrected chi connectivity index (χ0v) is 21.9. The average molecular weight is 510 g/mol. The van der Waals surface area contributed by atoms with Crippen molar-refractivity contribution in [3.8, 4) is 17.6 Å². The van der Waals surface area contributed by atoms with Crippen molar-refractivity contribution in [3.63, 3.8) is 0 Å². The van der Waals surface area contributed by atoms with Gasteiger partial charge in [-0.15, -0.1) is 0 Å². The number of para-hydroxylation sites is 1. The number of rotatable bonds is 8. The molecule has 0 aromatic heterocycles. The first kappa shape index (κ1) is 27.0. The molecule has 0 radical (unpaired) electrons. The Bertz CT molecular complexity index is 1300. The Morgan fingerprint density at radius 2 is 1.66 bits per heavy atom. The number of nitrogens with zero attached hydrogens (tertiary/aromatic N) is 1. The Morgan fingerprint density at radius 1 is 0.947 bits per heavy atom. The Balaban J connectivity index is 1.81. The molecule has 1 unspecified atom stereocenters. The summed E-state index contributed by atoms with van der Waals surface area (Å²) in [6.45, 7) is 2.17. The highest BCUT2D eigenvalue weighted by atomic mass is 16.4. The maximum Gasteiger partial charge on any atom is 0.339 e. The molecule has 0 bridgehead atoms. The maximum atomic E-state index is 14.1. The summed E-state index contributed by atoms with van der Waals surface area (Å²) in [6.07, 6.45) is 7.87. The highest BCUT2D eigenvalue weighted by molar-refractivity contribution is 6.01. The van der Waals surface area contributed by atoms with E-state index >= 15 is 0 Å². The molecule has 0 heterocycles. The normalized spacial score (nSPS) is 14.2. The van der Waals surface area contributed by atoms with Gasteiger partial charge in [0.15, 0.2) is 5.75 Å². The molecule has 38 heavy (non-hydrogen) atoms. The second-order valence-corrected chi connectivity index (χ2v) is 9.90. The molecule has 3 aromatic carbocycles. The number of aromatic hydroxyl groups is 1. The minimum absolute atomic E-state index is 0.138. The van der Waals surface area contributed by atoms with E-state index in [9.17, 15) is 19.8 Å². The fourth-order valence-corrected chi connectivity index (χ4v) is 5.05. The monoisotopic (exact) mass is 509 g/mol. The van der Waals surface area contributed by atoms with Crippen LogP contribution in [0.25, 0.3) is 0 Å². The highest BCUT2D eigenvalue weighted by Gasteiger charge is 2.34. The van der Waals surface area contributed by atoms with Gasteiger partial charge >= 0.3 is 5.97 Å². The largest absolute Gasteiger partial charge is 0.505 e. The van der Waals surface area contributed by atoms with E-state index in [2.05, 4.69) is 30.9 Å². The van der Waals surface area contributed by atoms with Gasteiger partial charge in [0.25, 0.3) is 0 Å². The number of anilines is 1. The van der Waals surface area contributed by atoms with Crippen molar-refractivity contribution in [1.29, 1.82) is 0 Å². The SMILES string of the molecule is CCCCc1ccc(C#CC(c2ccccc2)N(C(=O)C2CCCCC2)c2cccc(C(=O)O)c2O)cc1. The molecule has 0 aliphatic heterocycles. The first-order valence-corrected chi connectivity index (χ1v) is 13.5. The van der Waals surface area contributed by atoms with Crippen molar-refractivity contribution in [2.75, 3.05) is 4.90 Å². The molecular weight excluding hydrogens is 474 g/mol. The Labute approximate surface area is 225 Å². The summed E-state index contributed by atoms with van der Waals surface area (Å²) in [6, 6.07) is 21.5. The predicted octanol–water partition coefficient (Wildman–Crippen LogP) is 7.14. The number of hydrogen-bond donors (Lipinski definition) is 2. The smallest absolute Gasteiger partial charge is 0.339 e. The van der Waals surface area contributed by atoms with Crippen LogP contribution < -0.4 is 4.90 Å². The zero-order valence-electron chi connectivity index (χ0n) is 21.9. The number of aryl methyl sites for hydroxylation is 1. The summed E-state index contributed by atoms with van der Waals surface area (Å²) < 4.78 is 0. The summed E-state index contributed by atoms with van der Waals surface area (Å²) in [7, 11) is 0. The molecule has 4 rings (SSSR count). The second-order valence-electron chi connectivity index (χ2n) is 9.90. The molecular formula is C33H35NO4. The van der Waals surface area contributed by atoms with Crippen LogP contribution in [0.3, 0.4) is 0 Å². The molecule has 0 saturated heterocycles. The van der Waals surface area contributed by atoms with Gasteiger partial charge < -0.3 is 10.2 Å². The van der Waals surface area contributed by atoms with Gasteiger partial charge in [-0.1, -0.05) is 93.0 Å². The summed E-state index contributed by atoms with van der Waals surface area (Å²) >= 11 is 0. The van der Waals surface area contributed by atoms with E-state index in [1.807, 2.05) is 42.5 Å². The number of amides is 1. The minimum atomic E-state index is -1.25. The summed E-state index contributed by atoms with van der Waals surface area (Å²) in [5.74, 6) is 4.54. The number of carboxylic acids is 1. The number of aromatic carboxylic acids is 1. The lowest BCUT2D eigenvalue weighted by molar-refractivity contribution is -0.123.